The van der Waals surface area contributed by atoms with E-state index in [0.29, 0.717) is 18.4 Å². The number of alkyl halides is 3. The smallest absolute Gasteiger partial charge is 0.357 e. The molecule has 1 aromatic carbocycles. The van der Waals surface area contributed by atoms with Crippen LogP contribution in [0.5, 0.6) is 0 Å². The van der Waals surface area contributed by atoms with Crippen LogP contribution in [-0.4, -0.2) is 31.3 Å². The monoisotopic (exact) mass is 377 g/mol. The molecule has 0 aromatic heterocycles. The maximum atomic E-state index is 12.2. The second-order valence-electron chi connectivity index (χ2n) is 5.27. The fourth-order valence-electron chi connectivity index (χ4n) is 2.22. The number of hydrogen-bond donors (Lipinski definition) is 2. The summed E-state index contributed by atoms with van der Waals surface area (Å²) in [6.07, 6.45) is -4.10. The molecule has 22 heavy (non-hydrogen) atoms. The SMILES string of the molecule is CCNC(=NCCC(F)(F)F)NC1CC1c1ccc(Br)cc1. The van der Waals surface area contributed by atoms with E-state index in [1.165, 1.54) is 5.56 Å². The van der Waals surface area contributed by atoms with Gasteiger partial charge in [0, 0.05) is 23.0 Å². The first kappa shape index (κ1) is 17.1. The van der Waals surface area contributed by atoms with Gasteiger partial charge in [-0.1, -0.05) is 28.1 Å². The molecule has 0 bridgehead atoms. The molecule has 1 saturated carbocycles. The summed E-state index contributed by atoms with van der Waals surface area (Å²) < 4.78 is 37.5. The molecule has 1 aliphatic rings. The first-order valence-electron chi connectivity index (χ1n) is 7.26. The predicted molar refractivity (Wildman–Crippen MR) is 85.1 cm³/mol. The minimum absolute atomic E-state index is 0.227. The molecule has 7 heteroatoms. The van der Waals surface area contributed by atoms with E-state index in [2.05, 4.69) is 43.7 Å². The Morgan fingerprint density at radius 3 is 2.59 bits per heavy atom. The summed E-state index contributed by atoms with van der Waals surface area (Å²) in [6.45, 7) is 2.25. The predicted octanol–water partition coefficient (Wildman–Crippen LogP) is 3.81. The lowest BCUT2D eigenvalue weighted by Crippen LogP contribution is -2.39. The summed E-state index contributed by atoms with van der Waals surface area (Å²) in [5.74, 6) is 0.843. The minimum Gasteiger partial charge on any atom is -0.357 e. The molecule has 2 N–H and O–H groups in total. The van der Waals surface area contributed by atoms with E-state index in [1.807, 2.05) is 19.1 Å². The zero-order valence-corrected chi connectivity index (χ0v) is 13.8. The Morgan fingerprint density at radius 2 is 2.00 bits per heavy atom. The Balaban J connectivity index is 1.87. The van der Waals surface area contributed by atoms with E-state index in [4.69, 9.17) is 0 Å². The van der Waals surface area contributed by atoms with Crippen molar-refractivity contribution in [3.63, 3.8) is 0 Å². The van der Waals surface area contributed by atoms with E-state index in [-0.39, 0.29) is 12.6 Å². The van der Waals surface area contributed by atoms with Crippen LogP contribution < -0.4 is 10.6 Å². The molecule has 1 aliphatic carbocycles. The largest absolute Gasteiger partial charge is 0.390 e. The highest BCUT2D eigenvalue weighted by Gasteiger charge is 2.39. The molecule has 0 saturated heterocycles. The molecular formula is C15H19BrF3N3. The molecule has 122 valence electrons. The number of benzene rings is 1. The van der Waals surface area contributed by atoms with Crippen molar-refractivity contribution in [2.45, 2.75) is 37.9 Å². The summed E-state index contributed by atoms with van der Waals surface area (Å²) in [5.41, 5.74) is 1.23. The van der Waals surface area contributed by atoms with Gasteiger partial charge in [-0.3, -0.25) is 4.99 Å². The Labute approximate surface area is 136 Å². The molecule has 0 heterocycles. The highest BCUT2D eigenvalue weighted by Crippen LogP contribution is 2.40. The molecule has 2 unspecified atom stereocenters. The van der Waals surface area contributed by atoms with Crippen LogP contribution >= 0.6 is 15.9 Å². The van der Waals surface area contributed by atoms with Gasteiger partial charge >= 0.3 is 6.18 Å². The lowest BCUT2D eigenvalue weighted by molar-refractivity contribution is -0.132. The standard InChI is InChI=1S/C15H19BrF3N3/c1-2-20-14(21-8-7-15(17,18)19)22-13-9-12(13)10-3-5-11(16)6-4-10/h3-6,12-13H,2,7-9H2,1H3,(H2,20,21,22). The van der Waals surface area contributed by atoms with E-state index >= 15 is 0 Å². The fraction of sp³-hybridized carbons (Fsp3) is 0.533. The quantitative estimate of drug-likeness (QED) is 0.604. The second-order valence-corrected chi connectivity index (χ2v) is 6.19. The van der Waals surface area contributed by atoms with Gasteiger partial charge in [-0.2, -0.15) is 13.2 Å². The van der Waals surface area contributed by atoms with Crippen molar-refractivity contribution < 1.29 is 13.2 Å². The zero-order valence-electron chi connectivity index (χ0n) is 12.3. The normalized spacial score (nSPS) is 21.6. The van der Waals surface area contributed by atoms with Crippen LogP contribution in [0.15, 0.2) is 33.7 Å². The Hall–Kier alpha value is -1.24. The highest BCUT2D eigenvalue weighted by molar-refractivity contribution is 9.10. The summed E-state index contributed by atoms with van der Waals surface area (Å²) in [6, 6.07) is 8.33. The van der Waals surface area contributed by atoms with Crippen LogP contribution in [0.3, 0.4) is 0 Å². The van der Waals surface area contributed by atoms with E-state index in [9.17, 15) is 13.2 Å². The molecule has 2 rings (SSSR count). The van der Waals surface area contributed by atoms with E-state index in [0.717, 1.165) is 10.9 Å². The van der Waals surface area contributed by atoms with Gasteiger partial charge in [0.15, 0.2) is 5.96 Å². The molecule has 1 fully saturated rings. The number of nitrogens with zero attached hydrogens (tertiary/aromatic N) is 1. The van der Waals surface area contributed by atoms with Crippen molar-refractivity contribution >= 4 is 21.9 Å². The van der Waals surface area contributed by atoms with Crippen molar-refractivity contribution in [1.82, 2.24) is 10.6 Å². The van der Waals surface area contributed by atoms with Crippen molar-refractivity contribution in [3.05, 3.63) is 34.3 Å². The number of hydrogen-bond acceptors (Lipinski definition) is 1. The third kappa shape index (κ3) is 5.51. The molecule has 0 radical (unpaired) electrons. The molecule has 0 amide bonds. The van der Waals surface area contributed by atoms with Gasteiger partial charge in [0.2, 0.25) is 0 Å². The fourth-order valence-corrected chi connectivity index (χ4v) is 2.49. The maximum absolute atomic E-state index is 12.2. The third-order valence-electron chi connectivity index (χ3n) is 3.42. The molecule has 2 atom stereocenters. The maximum Gasteiger partial charge on any atom is 0.390 e. The topological polar surface area (TPSA) is 36.4 Å². The molecule has 1 aromatic rings. The van der Waals surface area contributed by atoms with E-state index in [1.54, 1.807) is 0 Å². The first-order chi connectivity index (χ1) is 10.4. The van der Waals surface area contributed by atoms with Gasteiger partial charge < -0.3 is 10.6 Å². The van der Waals surface area contributed by atoms with Crippen molar-refractivity contribution in [3.8, 4) is 0 Å². The average molecular weight is 378 g/mol. The van der Waals surface area contributed by atoms with Gasteiger partial charge in [0.05, 0.1) is 13.0 Å². The van der Waals surface area contributed by atoms with Crippen molar-refractivity contribution in [2.24, 2.45) is 4.99 Å². The number of halogens is 4. The summed E-state index contributed by atoms with van der Waals surface area (Å²) in [5, 5.41) is 6.19. The summed E-state index contributed by atoms with van der Waals surface area (Å²) in [4.78, 5) is 3.99. The number of rotatable bonds is 5. The van der Waals surface area contributed by atoms with Gasteiger partial charge in [0.25, 0.3) is 0 Å². The molecule has 3 nitrogen and oxygen atoms in total. The van der Waals surface area contributed by atoms with Crippen molar-refractivity contribution in [2.75, 3.05) is 13.1 Å². The number of nitrogens with one attached hydrogen (secondary N) is 2. The first-order valence-corrected chi connectivity index (χ1v) is 8.05. The van der Waals surface area contributed by atoms with Crippen LogP contribution in [0.4, 0.5) is 13.2 Å². The van der Waals surface area contributed by atoms with E-state index < -0.39 is 12.6 Å². The minimum atomic E-state index is -4.17. The Kier molecular flexibility index (Phi) is 5.72. The van der Waals surface area contributed by atoms with Gasteiger partial charge in [-0.05, 0) is 31.0 Å². The lowest BCUT2D eigenvalue weighted by atomic mass is 10.1. The second kappa shape index (κ2) is 7.35. The van der Waals surface area contributed by atoms with Gasteiger partial charge in [-0.15, -0.1) is 0 Å². The van der Waals surface area contributed by atoms with Crippen LogP contribution in [-0.2, 0) is 0 Å². The Morgan fingerprint density at radius 1 is 1.32 bits per heavy atom. The van der Waals surface area contributed by atoms with Gasteiger partial charge in [0.1, 0.15) is 0 Å². The number of guanidine groups is 1. The lowest BCUT2D eigenvalue weighted by Gasteiger charge is -2.12. The van der Waals surface area contributed by atoms with Crippen LogP contribution in [0.1, 0.15) is 31.2 Å². The van der Waals surface area contributed by atoms with Crippen LogP contribution in [0.2, 0.25) is 0 Å². The molecule has 0 spiro atoms. The third-order valence-corrected chi connectivity index (χ3v) is 3.95. The van der Waals surface area contributed by atoms with Crippen LogP contribution in [0.25, 0.3) is 0 Å². The van der Waals surface area contributed by atoms with Crippen molar-refractivity contribution in [1.29, 1.82) is 0 Å². The highest BCUT2D eigenvalue weighted by atomic mass is 79.9. The number of aliphatic imine (C=N–C) groups is 1. The van der Waals surface area contributed by atoms with Crippen LogP contribution in [0, 0.1) is 0 Å². The van der Waals surface area contributed by atoms with Gasteiger partial charge in [-0.25, -0.2) is 0 Å². The Bertz CT molecular complexity index is 514. The average Bonchev–Trinajstić information content (AvgIpc) is 3.17. The summed E-state index contributed by atoms with van der Waals surface area (Å²) in [7, 11) is 0. The zero-order chi connectivity index (χ0) is 16.2. The summed E-state index contributed by atoms with van der Waals surface area (Å²) >= 11 is 3.40. The molecular weight excluding hydrogens is 359 g/mol. The molecule has 0 aliphatic heterocycles.